The Bertz CT molecular complexity index is 995. The van der Waals surface area contributed by atoms with Crippen molar-refractivity contribution in [2.24, 2.45) is 11.0 Å². The molecule has 2 aromatic carbocycles. The van der Waals surface area contributed by atoms with Gasteiger partial charge in [0.05, 0.1) is 16.6 Å². The van der Waals surface area contributed by atoms with E-state index in [0.29, 0.717) is 22.9 Å². The molecule has 0 bridgehead atoms. The van der Waals surface area contributed by atoms with Crippen LogP contribution in [-0.2, 0) is 9.59 Å². The van der Waals surface area contributed by atoms with Gasteiger partial charge >= 0.3 is 0 Å². The van der Waals surface area contributed by atoms with Crippen molar-refractivity contribution in [2.75, 3.05) is 5.01 Å². The number of anilines is 1. The molecular formula is C23H26ClN3O3. The number of carbonyl (C=O) groups is 2. The van der Waals surface area contributed by atoms with Crippen LogP contribution in [0, 0.1) is 26.7 Å². The minimum absolute atomic E-state index is 0.244. The maximum atomic E-state index is 12.8. The molecule has 1 heterocycles. The number of amides is 2. The first-order chi connectivity index (χ1) is 14.2. The Balaban J connectivity index is 1.80. The Morgan fingerprint density at radius 3 is 2.60 bits per heavy atom. The molecule has 0 fully saturated rings. The summed E-state index contributed by atoms with van der Waals surface area (Å²) in [5.74, 6) is -0.273. The molecule has 1 aliphatic heterocycles. The fraction of sp³-hybridized carbons (Fsp3) is 0.348. The summed E-state index contributed by atoms with van der Waals surface area (Å²) in [5.41, 5.74) is 3.41. The standard InChI is InChI=1S/C23H26ClN3O3/c1-6-19(30-17-9-7-8-13(2)11-17)22(28)25-21-16(5)23(29)27(26-21)20-15(4)10-14(3)12-18(20)24/h7-12,16,19H,6H2,1-5H3,(H,25,26,28). The highest BCUT2D eigenvalue weighted by molar-refractivity contribution is 6.34. The average molecular weight is 428 g/mol. The van der Waals surface area contributed by atoms with Crippen LogP contribution in [0.5, 0.6) is 5.75 Å². The quantitative estimate of drug-likeness (QED) is 0.761. The number of aryl methyl sites for hydroxylation is 3. The van der Waals surface area contributed by atoms with Gasteiger partial charge in [0.25, 0.3) is 11.8 Å². The first-order valence-corrected chi connectivity index (χ1v) is 10.3. The zero-order valence-electron chi connectivity index (χ0n) is 17.8. The van der Waals surface area contributed by atoms with Gasteiger partial charge in [-0.2, -0.15) is 10.1 Å². The zero-order valence-corrected chi connectivity index (χ0v) is 18.6. The zero-order chi connectivity index (χ0) is 22.0. The molecule has 0 radical (unpaired) electrons. The SMILES string of the molecule is CCC(Oc1cccc(C)c1)C(=O)NC1=NN(c2c(C)cc(C)cc2Cl)C(=O)C1C. The minimum Gasteiger partial charge on any atom is -0.481 e. The smallest absolute Gasteiger partial charge is 0.266 e. The second kappa shape index (κ2) is 8.88. The van der Waals surface area contributed by atoms with Crippen molar-refractivity contribution >= 4 is 34.9 Å². The van der Waals surface area contributed by atoms with E-state index in [1.807, 2.05) is 58.0 Å². The van der Waals surface area contributed by atoms with Gasteiger partial charge in [-0.25, -0.2) is 0 Å². The maximum absolute atomic E-state index is 12.8. The van der Waals surface area contributed by atoms with E-state index >= 15 is 0 Å². The molecule has 6 nitrogen and oxygen atoms in total. The summed E-state index contributed by atoms with van der Waals surface area (Å²) < 4.78 is 5.85. The third kappa shape index (κ3) is 4.49. The predicted molar refractivity (Wildman–Crippen MR) is 119 cm³/mol. The minimum atomic E-state index is -0.699. The Labute approximate surface area is 181 Å². The summed E-state index contributed by atoms with van der Waals surface area (Å²) in [6.07, 6.45) is -0.224. The van der Waals surface area contributed by atoms with Crippen molar-refractivity contribution in [1.82, 2.24) is 5.32 Å². The lowest BCUT2D eigenvalue weighted by molar-refractivity contribution is -0.126. The van der Waals surface area contributed by atoms with Crippen LogP contribution < -0.4 is 15.1 Å². The van der Waals surface area contributed by atoms with Crippen LogP contribution in [0.1, 0.15) is 37.0 Å². The van der Waals surface area contributed by atoms with Crippen LogP contribution in [0.25, 0.3) is 0 Å². The van der Waals surface area contributed by atoms with Crippen LogP contribution in [-0.4, -0.2) is 23.8 Å². The van der Waals surface area contributed by atoms with Crippen molar-refractivity contribution in [1.29, 1.82) is 0 Å². The van der Waals surface area contributed by atoms with Gasteiger partial charge in [-0.15, -0.1) is 0 Å². The van der Waals surface area contributed by atoms with Crippen molar-refractivity contribution in [3.63, 3.8) is 0 Å². The lowest BCUT2D eigenvalue weighted by Crippen LogP contribution is -2.43. The van der Waals surface area contributed by atoms with Crippen LogP contribution in [0.4, 0.5) is 5.69 Å². The molecule has 0 saturated carbocycles. The number of ether oxygens (including phenoxy) is 1. The van der Waals surface area contributed by atoms with Gasteiger partial charge in [0.15, 0.2) is 6.10 Å². The molecule has 0 aromatic heterocycles. The largest absolute Gasteiger partial charge is 0.481 e. The molecule has 2 amide bonds. The van der Waals surface area contributed by atoms with E-state index in [1.54, 1.807) is 13.0 Å². The van der Waals surface area contributed by atoms with Gasteiger partial charge < -0.3 is 10.1 Å². The molecule has 1 aliphatic rings. The van der Waals surface area contributed by atoms with Gasteiger partial charge in [-0.1, -0.05) is 36.7 Å². The summed E-state index contributed by atoms with van der Waals surface area (Å²) in [6, 6.07) is 11.2. The van der Waals surface area contributed by atoms with Gasteiger partial charge in [-0.3, -0.25) is 9.59 Å². The van der Waals surface area contributed by atoms with E-state index in [-0.39, 0.29) is 17.6 Å². The topological polar surface area (TPSA) is 71.0 Å². The summed E-state index contributed by atoms with van der Waals surface area (Å²) in [4.78, 5) is 25.6. The van der Waals surface area contributed by atoms with Crippen molar-refractivity contribution in [3.8, 4) is 5.75 Å². The van der Waals surface area contributed by atoms with E-state index in [9.17, 15) is 9.59 Å². The molecule has 3 rings (SSSR count). The normalized spacial score (nSPS) is 17.0. The first kappa shape index (κ1) is 21.8. The van der Waals surface area contributed by atoms with E-state index in [4.69, 9.17) is 16.3 Å². The number of nitrogens with zero attached hydrogens (tertiary/aromatic N) is 2. The Kier molecular flexibility index (Phi) is 6.46. The molecule has 7 heteroatoms. The fourth-order valence-corrected chi connectivity index (χ4v) is 3.80. The molecule has 2 atom stereocenters. The summed E-state index contributed by atoms with van der Waals surface area (Å²) in [5, 5.41) is 8.87. The number of nitrogens with one attached hydrogen (secondary N) is 1. The van der Waals surface area contributed by atoms with E-state index < -0.39 is 12.0 Å². The predicted octanol–water partition coefficient (Wildman–Crippen LogP) is 4.54. The highest BCUT2D eigenvalue weighted by Crippen LogP contribution is 2.34. The molecule has 2 aromatic rings. The highest BCUT2D eigenvalue weighted by atomic mass is 35.5. The summed E-state index contributed by atoms with van der Waals surface area (Å²) >= 11 is 6.39. The van der Waals surface area contributed by atoms with Gasteiger partial charge in [0, 0.05) is 0 Å². The first-order valence-electron chi connectivity index (χ1n) is 9.94. The fourth-order valence-electron chi connectivity index (χ4n) is 3.40. The molecule has 2 unspecified atom stereocenters. The lowest BCUT2D eigenvalue weighted by atomic mass is 10.1. The molecule has 158 valence electrons. The van der Waals surface area contributed by atoms with Gasteiger partial charge in [0.2, 0.25) is 0 Å². The second-order valence-electron chi connectivity index (χ2n) is 7.59. The van der Waals surface area contributed by atoms with Crippen LogP contribution in [0.2, 0.25) is 5.02 Å². The lowest BCUT2D eigenvalue weighted by Gasteiger charge is -2.18. The third-order valence-electron chi connectivity index (χ3n) is 4.99. The molecular weight excluding hydrogens is 402 g/mol. The van der Waals surface area contributed by atoms with E-state index in [1.165, 1.54) is 5.01 Å². The van der Waals surface area contributed by atoms with Crippen molar-refractivity contribution in [2.45, 2.75) is 47.1 Å². The number of benzene rings is 2. The number of hydrazone groups is 1. The molecule has 0 spiro atoms. The maximum Gasteiger partial charge on any atom is 0.266 e. The van der Waals surface area contributed by atoms with Crippen LogP contribution in [0.15, 0.2) is 41.5 Å². The number of carbonyl (C=O) groups excluding carboxylic acids is 2. The van der Waals surface area contributed by atoms with Crippen LogP contribution in [0.3, 0.4) is 0 Å². The van der Waals surface area contributed by atoms with Crippen molar-refractivity contribution in [3.05, 3.63) is 58.1 Å². The van der Waals surface area contributed by atoms with Gasteiger partial charge in [-0.05, 0) is 69.0 Å². The number of rotatable bonds is 5. The number of amidine groups is 1. The van der Waals surface area contributed by atoms with E-state index in [2.05, 4.69) is 10.4 Å². The molecule has 30 heavy (non-hydrogen) atoms. The third-order valence-corrected chi connectivity index (χ3v) is 5.28. The number of halogens is 1. The Hall–Kier alpha value is -2.86. The highest BCUT2D eigenvalue weighted by Gasteiger charge is 2.37. The van der Waals surface area contributed by atoms with E-state index in [0.717, 1.165) is 16.7 Å². The Morgan fingerprint density at radius 1 is 1.23 bits per heavy atom. The number of hydrogen-bond donors (Lipinski definition) is 1. The molecule has 0 saturated heterocycles. The monoisotopic (exact) mass is 427 g/mol. The Morgan fingerprint density at radius 2 is 1.97 bits per heavy atom. The summed E-state index contributed by atoms with van der Waals surface area (Å²) in [7, 11) is 0. The number of hydrogen-bond acceptors (Lipinski definition) is 4. The molecule has 1 N–H and O–H groups in total. The summed E-state index contributed by atoms with van der Waals surface area (Å²) in [6.45, 7) is 9.35. The van der Waals surface area contributed by atoms with Crippen molar-refractivity contribution < 1.29 is 14.3 Å². The van der Waals surface area contributed by atoms with Gasteiger partial charge in [0.1, 0.15) is 11.6 Å². The second-order valence-corrected chi connectivity index (χ2v) is 8.00. The van der Waals surface area contributed by atoms with Crippen LogP contribution >= 0.6 is 11.6 Å². The molecule has 0 aliphatic carbocycles. The average Bonchev–Trinajstić information content (AvgIpc) is 2.93.